The molecule has 0 aliphatic heterocycles. The van der Waals surface area contributed by atoms with Gasteiger partial charge in [0.1, 0.15) is 5.69 Å². The lowest BCUT2D eigenvalue weighted by molar-refractivity contribution is 0.568. The lowest BCUT2D eigenvalue weighted by atomic mass is 10.3. The van der Waals surface area contributed by atoms with Crippen molar-refractivity contribution in [2.75, 3.05) is 0 Å². The fourth-order valence-electron chi connectivity index (χ4n) is 1.82. The number of fused-ring (bicyclic) bond motifs is 1. The summed E-state index contributed by atoms with van der Waals surface area (Å²) in [4.78, 5) is 7.66. The van der Waals surface area contributed by atoms with Gasteiger partial charge in [-0.05, 0) is 25.1 Å². The highest BCUT2D eigenvalue weighted by Gasteiger charge is 2.12. The van der Waals surface area contributed by atoms with Crippen LogP contribution in [0.4, 0.5) is 4.39 Å². The van der Waals surface area contributed by atoms with Crippen molar-refractivity contribution < 1.29 is 4.39 Å². The highest BCUT2D eigenvalue weighted by molar-refractivity contribution is 5.80. The molecule has 3 heterocycles. The maximum atomic E-state index is 13.6. The van der Waals surface area contributed by atoms with Gasteiger partial charge in [-0.2, -0.15) is 9.49 Å². The third kappa shape index (κ3) is 1.47. The third-order valence-corrected chi connectivity index (χ3v) is 2.68. The minimum absolute atomic E-state index is 0.348. The predicted molar refractivity (Wildman–Crippen MR) is 61.4 cm³/mol. The van der Waals surface area contributed by atoms with Crippen molar-refractivity contribution in [2.45, 2.75) is 6.92 Å². The molecule has 0 bridgehead atoms. The van der Waals surface area contributed by atoms with Crippen LogP contribution in [0.5, 0.6) is 0 Å². The lowest BCUT2D eigenvalue weighted by Crippen LogP contribution is -2.02. The first kappa shape index (κ1) is 9.89. The molecule has 0 unspecified atom stereocenters. The average Bonchev–Trinajstić information content (AvgIpc) is 2.68. The summed E-state index contributed by atoms with van der Waals surface area (Å²) < 4.78 is 15.1. The maximum absolute atomic E-state index is 13.6. The molecule has 17 heavy (non-hydrogen) atoms. The molecule has 0 amide bonds. The molecule has 0 aliphatic carbocycles. The zero-order valence-corrected chi connectivity index (χ0v) is 9.13. The van der Waals surface area contributed by atoms with Crippen molar-refractivity contribution in [2.24, 2.45) is 0 Å². The molecule has 0 aromatic carbocycles. The lowest BCUT2D eigenvalue weighted by Gasteiger charge is -2.03. The van der Waals surface area contributed by atoms with E-state index in [0.29, 0.717) is 5.69 Å². The van der Waals surface area contributed by atoms with Gasteiger partial charge in [-0.3, -0.25) is 4.98 Å². The van der Waals surface area contributed by atoms with Crippen LogP contribution in [0, 0.1) is 12.9 Å². The molecule has 5 heteroatoms. The first-order valence-corrected chi connectivity index (χ1v) is 5.17. The van der Waals surface area contributed by atoms with Crippen molar-refractivity contribution in [3.8, 4) is 5.69 Å². The van der Waals surface area contributed by atoms with E-state index in [-0.39, 0.29) is 0 Å². The van der Waals surface area contributed by atoms with E-state index in [1.165, 1.54) is 6.20 Å². The number of pyridine rings is 2. The van der Waals surface area contributed by atoms with Gasteiger partial charge in [-0.15, -0.1) is 0 Å². The fraction of sp³-hybridized carbons (Fsp3) is 0.0833. The number of aryl methyl sites for hydroxylation is 1. The molecule has 0 radical (unpaired) electrons. The van der Waals surface area contributed by atoms with Gasteiger partial charge in [-0.1, -0.05) is 0 Å². The van der Waals surface area contributed by atoms with E-state index in [4.69, 9.17) is 0 Å². The van der Waals surface area contributed by atoms with E-state index in [1.54, 1.807) is 35.3 Å². The number of rotatable bonds is 1. The average molecular weight is 228 g/mol. The SMILES string of the molecule is Cc1c2cnccc2nn1-c1cccnc1F. The fourth-order valence-corrected chi connectivity index (χ4v) is 1.82. The van der Waals surface area contributed by atoms with E-state index in [0.717, 1.165) is 16.6 Å². The second-order valence-electron chi connectivity index (χ2n) is 3.70. The quantitative estimate of drug-likeness (QED) is 0.600. The molecule has 0 spiro atoms. The minimum atomic E-state index is -0.531. The highest BCUT2D eigenvalue weighted by Crippen LogP contribution is 2.20. The van der Waals surface area contributed by atoms with E-state index < -0.39 is 5.95 Å². The number of aromatic nitrogens is 4. The van der Waals surface area contributed by atoms with E-state index in [9.17, 15) is 4.39 Å². The summed E-state index contributed by atoms with van der Waals surface area (Å²) in [6.07, 6.45) is 4.81. The van der Waals surface area contributed by atoms with Crippen LogP contribution in [-0.2, 0) is 0 Å². The summed E-state index contributed by atoms with van der Waals surface area (Å²) in [5.41, 5.74) is 1.99. The summed E-state index contributed by atoms with van der Waals surface area (Å²) in [5.74, 6) is -0.531. The standard InChI is InChI=1S/C12H9FN4/c1-8-9-7-14-6-4-10(9)16-17(8)11-3-2-5-15-12(11)13/h2-7H,1H3. The van der Waals surface area contributed by atoms with E-state index in [1.807, 2.05) is 6.92 Å². The Morgan fingerprint density at radius 1 is 1.24 bits per heavy atom. The first-order chi connectivity index (χ1) is 8.27. The number of hydrogen-bond donors (Lipinski definition) is 0. The Balaban J connectivity index is 2.32. The molecule has 84 valence electrons. The maximum Gasteiger partial charge on any atom is 0.238 e. The summed E-state index contributed by atoms with van der Waals surface area (Å²) >= 11 is 0. The van der Waals surface area contributed by atoms with Crippen molar-refractivity contribution in [1.82, 2.24) is 19.7 Å². The van der Waals surface area contributed by atoms with Gasteiger partial charge in [0.15, 0.2) is 0 Å². The monoisotopic (exact) mass is 228 g/mol. The third-order valence-electron chi connectivity index (χ3n) is 2.68. The van der Waals surface area contributed by atoms with Crippen LogP contribution in [0.1, 0.15) is 5.69 Å². The molecular formula is C12H9FN4. The normalized spacial score (nSPS) is 10.9. The Morgan fingerprint density at radius 3 is 2.88 bits per heavy atom. The van der Waals surface area contributed by atoms with Gasteiger partial charge in [0.05, 0.1) is 11.2 Å². The molecule has 0 aliphatic rings. The van der Waals surface area contributed by atoms with Crippen molar-refractivity contribution >= 4 is 10.9 Å². The van der Waals surface area contributed by atoms with Crippen LogP contribution in [0.25, 0.3) is 16.6 Å². The van der Waals surface area contributed by atoms with Gasteiger partial charge in [0, 0.05) is 24.0 Å². The zero-order valence-electron chi connectivity index (χ0n) is 9.13. The number of hydrogen-bond acceptors (Lipinski definition) is 3. The van der Waals surface area contributed by atoms with Gasteiger partial charge in [0.2, 0.25) is 5.95 Å². The highest BCUT2D eigenvalue weighted by atomic mass is 19.1. The van der Waals surface area contributed by atoms with Crippen LogP contribution in [0.15, 0.2) is 36.8 Å². The predicted octanol–water partition coefficient (Wildman–Crippen LogP) is 2.26. The van der Waals surface area contributed by atoms with Crippen LogP contribution < -0.4 is 0 Å². The van der Waals surface area contributed by atoms with Crippen LogP contribution in [-0.4, -0.2) is 19.7 Å². The molecule has 4 nitrogen and oxygen atoms in total. The van der Waals surface area contributed by atoms with Gasteiger partial charge < -0.3 is 0 Å². The second kappa shape index (κ2) is 3.62. The number of nitrogens with zero attached hydrogens (tertiary/aromatic N) is 4. The van der Waals surface area contributed by atoms with Crippen LogP contribution in [0.3, 0.4) is 0 Å². The molecule has 0 saturated carbocycles. The van der Waals surface area contributed by atoms with Crippen molar-refractivity contribution in [3.63, 3.8) is 0 Å². The van der Waals surface area contributed by atoms with E-state index in [2.05, 4.69) is 15.1 Å². The molecule has 3 aromatic heterocycles. The zero-order chi connectivity index (χ0) is 11.8. The van der Waals surface area contributed by atoms with Gasteiger partial charge in [-0.25, -0.2) is 9.67 Å². The Hall–Kier alpha value is -2.30. The summed E-state index contributed by atoms with van der Waals surface area (Å²) in [6.45, 7) is 1.88. The summed E-state index contributed by atoms with van der Waals surface area (Å²) in [6, 6.07) is 5.13. The van der Waals surface area contributed by atoms with Crippen LogP contribution >= 0.6 is 0 Å². The Labute approximate surface area is 96.7 Å². The minimum Gasteiger partial charge on any atom is -0.264 e. The molecule has 0 fully saturated rings. The molecule has 0 saturated heterocycles. The van der Waals surface area contributed by atoms with Crippen molar-refractivity contribution in [3.05, 3.63) is 48.4 Å². The number of halogens is 1. The van der Waals surface area contributed by atoms with Crippen molar-refractivity contribution in [1.29, 1.82) is 0 Å². The van der Waals surface area contributed by atoms with E-state index >= 15 is 0 Å². The summed E-state index contributed by atoms with van der Waals surface area (Å²) in [5, 5.41) is 5.25. The van der Waals surface area contributed by atoms with Gasteiger partial charge in [0.25, 0.3) is 0 Å². The second-order valence-corrected chi connectivity index (χ2v) is 3.70. The summed E-state index contributed by atoms with van der Waals surface area (Å²) in [7, 11) is 0. The smallest absolute Gasteiger partial charge is 0.238 e. The largest absolute Gasteiger partial charge is 0.264 e. The molecular weight excluding hydrogens is 219 g/mol. The molecule has 3 rings (SSSR count). The Morgan fingerprint density at radius 2 is 2.12 bits per heavy atom. The van der Waals surface area contributed by atoms with Gasteiger partial charge >= 0.3 is 0 Å². The molecule has 0 N–H and O–H groups in total. The van der Waals surface area contributed by atoms with Crippen LogP contribution in [0.2, 0.25) is 0 Å². The molecule has 0 atom stereocenters. The molecule has 3 aromatic rings. The topological polar surface area (TPSA) is 43.6 Å². The Kier molecular flexibility index (Phi) is 2.11. The Bertz CT molecular complexity index is 690. The first-order valence-electron chi connectivity index (χ1n) is 5.17.